The SMILES string of the molecule is CNC(=O)NC1CCC(Nc2ncc(C)c(-c3cnc4ccc(-c5ccccc5)cn34)n2)CC1. The first-order chi connectivity index (χ1) is 16.6. The summed E-state index contributed by atoms with van der Waals surface area (Å²) in [5.74, 6) is 0.623. The molecule has 0 unspecified atom stereocenters. The molecule has 1 aliphatic carbocycles. The van der Waals surface area contributed by atoms with Gasteiger partial charge in [0.2, 0.25) is 5.95 Å². The van der Waals surface area contributed by atoms with E-state index in [0.29, 0.717) is 5.95 Å². The highest BCUT2D eigenvalue weighted by molar-refractivity contribution is 5.73. The van der Waals surface area contributed by atoms with Crippen LogP contribution in [0.4, 0.5) is 10.7 Å². The van der Waals surface area contributed by atoms with E-state index in [1.807, 2.05) is 43.6 Å². The number of aromatic nitrogens is 4. The maximum atomic E-state index is 11.6. The van der Waals surface area contributed by atoms with Gasteiger partial charge in [-0.15, -0.1) is 0 Å². The standard InChI is InChI=1S/C26H29N7O/c1-17-14-29-25(30-20-9-11-21(12-10-20)31-26(34)27-2)32-24(17)22-15-28-23-13-8-19(16-33(22)23)18-6-4-3-5-7-18/h3-8,13-16,20-21H,9-12H2,1-2H3,(H2,27,31,34)(H,29,30,32). The number of hydrogen-bond donors (Lipinski definition) is 3. The highest BCUT2D eigenvalue weighted by atomic mass is 16.2. The summed E-state index contributed by atoms with van der Waals surface area (Å²) in [4.78, 5) is 25.6. The van der Waals surface area contributed by atoms with E-state index in [4.69, 9.17) is 4.98 Å². The molecule has 8 nitrogen and oxygen atoms in total. The predicted molar refractivity (Wildman–Crippen MR) is 134 cm³/mol. The molecule has 8 heteroatoms. The van der Waals surface area contributed by atoms with E-state index in [-0.39, 0.29) is 18.1 Å². The molecule has 3 aromatic heterocycles. The molecule has 34 heavy (non-hydrogen) atoms. The summed E-state index contributed by atoms with van der Waals surface area (Å²) in [5, 5.41) is 9.13. The Labute approximate surface area is 198 Å². The number of anilines is 1. The molecule has 1 fully saturated rings. The van der Waals surface area contributed by atoms with Gasteiger partial charge in [0.15, 0.2) is 0 Å². The van der Waals surface area contributed by atoms with Crippen molar-refractivity contribution in [3.8, 4) is 22.5 Å². The predicted octanol–water partition coefficient (Wildman–Crippen LogP) is 4.42. The van der Waals surface area contributed by atoms with E-state index in [0.717, 1.165) is 59.4 Å². The van der Waals surface area contributed by atoms with Crippen molar-refractivity contribution in [2.75, 3.05) is 12.4 Å². The van der Waals surface area contributed by atoms with E-state index in [2.05, 4.69) is 54.7 Å². The fourth-order valence-corrected chi connectivity index (χ4v) is 4.55. The molecular formula is C26H29N7O. The second kappa shape index (κ2) is 9.51. The van der Waals surface area contributed by atoms with Gasteiger partial charge in [0.1, 0.15) is 5.65 Å². The lowest BCUT2D eigenvalue weighted by Gasteiger charge is -2.29. The number of carbonyl (C=O) groups excluding carboxylic acids is 1. The zero-order valence-corrected chi connectivity index (χ0v) is 19.5. The molecule has 0 aliphatic heterocycles. The Morgan fingerprint density at radius 2 is 1.71 bits per heavy atom. The van der Waals surface area contributed by atoms with Crippen molar-refractivity contribution in [1.82, 2.24) is 30.0 Å². The number of rotatable bonds is 5. The minimum Gasteiger partial charge on any atom is -0.351 e. The third kappa shape index (κ3) is 4.57. The summed E-state index contributed by atoms with van der Waals surface area (Å²) in [6.07, 6.45) is 9.62. The molecule has 0 bridgehead atoms. The molecule has 3 N–H and O–H groups in total. The largest absolute Gasteiger partial charge is 0.351 e. The van der Waals surface area contributed by atoms with Gasteiger partial charge in [-0.1, -0.05) is 30.3 Å². The molecule has 0 spiro atoms. The maximum Gasteiger partial charge on any atom is 0.314 e. The highest BCUT2D eigenvalue weighted by Gasteiger charge is 2.23. The summed E-state index contributed by atoms with van der Waals surface area (Å²) in [5.41, 5.74) is 5.96. The molecule has 1 aliphatic rings. The molecule has 2 amide bonds. The lowest BCUT2D eigenvalue weighted by Crippen LogP contribution is -2.43. The summed E-state index contributed by atoms with van der Waals surface area (Å²) in [6, 6.07) is 14.8. The van der Waals surface area contributed by atoms with E-state index < -0.39 is 0 Å². The normalized spacial score (nSPS) is 17.9. The lowest BCUT2D eigenvalue weighted by atomic mass is 9.91. The van der Waals surface area contributed by atoms with Crippen LogP contribution in [-0.2, 0) is 0 Å². The van der Waals surface area contributed by atoms with Crippen LogP contribution in [0.5, 0.6) is 0 Å². The number of benzene rings is 1. The van der Waals surface area contributed by atoms with Crippen LogP contribution in [0.15, 0.2) is 61.1 Å². The molecule has 0 radical (unpaired) electrons. The molecule has 0 atom stereocenters. The third-order valence-electron chi connectivity index (χ3n) is 6.45. The van der Waals surface area contributed by atoms with Gasteiger partial charge < -0.3 is 16.0 Å². The first-order valence-corrected chi connectivity index (χ1v) is 11.7. The number of aryl methyl sites for hydroxylation is 1. The first-order valence-electron chi connectivity index (χ1n) is 11.7. The summed E-state index contributed by atoms with van der Waals surface area (Å²) in [6.45, 7) is 2.02. The van der Waals surface area contributed by atoms with Gasteiger partial charge in [-0.05, 0) is 61.4 Å². The minimum absolute atomic E-state index is 0.119. The Hall–Kier alpha value is -3.94. The van der Waals surface area contributed by atoms with Crippen molar-refractivity contribution in [3.63, 3.8) is 0 Å². The van der Waals surface area contributed by atoms with Crippen LogP contribution < -0.4 is 16.0 Å². The van der Waals surface area contributed by atoms with Gasteiger partial charge in [-0.2, -0.15) is 0 Å². The second-order valence-corrected chi connectivity index (χ2v) is 8.80. The number of nitrogens with zero attached hydrogens (tertiary/aromatic N) is 4. The van der Waals surface area contributed by atoms with Gasteiger partial charge in [0.25, 0.3) is 0 Å². The van der Waals surface area contributed by atoms with Gasteiger partial charge in [-0.25, -0.2) is 19.7 Å². The van der Waals surface area contributed by atoms with Crippen molar-refractivity contribution >= 4 is 17.6 Å². The van der Waals surface area contributed by atoms with Gasteiger partial charge >= 0.3 is 6.03 Å². The van der Waals surface area contributed by atoms with E-state index in [1.165, 1.54) is 0 Å². The van der Waals surface area contributed by atoms with E-state index in [9.17, 15) is 4.79 Å². The van der Waals surface area contributed by atoms with Crippen molar-refractivity contribution < 1.29 is 4.79 Å². The topological polar surface area (TPSA) is 96.2 Å². The third-order valence-corrected chi connectivity index (χ3v) is 6.45. The number of amides is 2. The zero-order valence-electron chi connectivity index (χ0n) is 19.5. The summed E-state index contributed by atoms with van der Waals surface area (Å²) in [7, 11) is 1.64. The smallest absolute Gasteiger partial charge is 0.314 e. The summed E-state index contributed by atoms with van der Waals surface area (Å²) >= 11 is 0. The molecular weight excluding hydrogens is 426 g/mol. The van der Waals surface area contributed by atoms with E-state index >= 15 is 0 Å². The quantitative estimate of drug-likeness (QED) is 0.414. The van der Waals surface area contributed by atoms with Crippen molar-refractivity contribution in [2.45, 2.75) is 44.7 Å². The average Bonchev–Trinajstić information content (AvgIpc) is 3.30. The summed E-state index contributed by atoms with van der Waals surface area (Å²) < 4.78 is 2.09. The van der Waals surface area contributed by atoms with Crippen LogP contribution in [0.1, 0.15) is 31.2 Å². The fraction of sp³-hybridized carbons (Fsp3) is 0.308. The van der Waals surface area contributed by atoms with Gasteiger partial charge in [-0.3, -0.25) is 4.40 Å². The lowest BCUT2D eigenvalue weighted by molar-refractivity contribution is 0.234. The molecule has 1 aromatic carbocycles. The molecule has 174 valence electrons. The molecule has 5 rings (SSSR count). The monoisotopic (exact) mass is 455 g/mol. The van der Waals surface area contributed by atoms with E-state index in [1.54, 1.807) is 7.05 Å². The highest BCUT2D eigenvalue weighted by Crippen LogP contribution is 2.27. The molecule has 3 heterocycles. The van der Waals surface area contributed by atoms with Crippen LogP contribution in [0.3, 0.4) is 0 Å². The number of imidazole rings is 1. The Morgan fingerprint density at radius 3 is 2.47 bits per heavy atom. The Balaban J connectivity index is 1.37. The van der Waals surface area contributed by atoms with Gasteiger partial charge in [0.05, 0.1) is 17.6 Å². The molecule has 4 aromatic rings. The Morgan fingerprint density at radius 1 is 0.941 bits per heavy atom. The average molecular weight is 456 g/mol. The van der Waals surface area contributed by atoms with Crippen LogP contribution in [0.2, 0.25) is 0 Å². The Bertz CT molecular complexity index is 1290. The van der Waals surface area contributed by atoms with Crippen LogP contribution in [-0.4, -0.2) is 44.5 Å². The molecule has 1 saturated carbocycles. The number of nitrogens with one attached hydrogen (secondary N) is 3. The number of pyridine rings is 1. The number of hydrogen-bond acceptors (Lipinski definition) is 5. The fourth-order valence-electron chi connectivity index (χ4n) is 4.55. The number of carbonyl (C=O) groups is 1. The number of urea groups is 1. The maximum absolute atomic E-state index is 11.6. The second-order valence-electron chi connectivity index (χ2n) is 8.80. The molecule has 0 saturated heterocycles. The van der Waals surface area contributed by atoms with Crippen LogP contribution >= 0.6 is 0 Å². The first kappa shape index (κ1) is 21.9. The van der Waals surface area contributed by atoms with Crippen LogP contribution in [0, 0.1) is 6.92 Å². The van der Waals surface area contributed by atoms with Gasteiger partial charge in [0, 0.05) is 31.5 Å². The van der Waals surface area contributed by atoms with Crippen molar-refractivity contribution in [1.29, 1.82) is 0 Å². The Kier molecular flexibility index (Phi) is 6.12. The number of fused-ring (bicyclic) bond motifs is 1. The van der Waals surface area contributed by atoms with Crippen molar-refractivity contribution in [2.24, 2.45) is 0 Å². The van der Waals surface area contributed by atoms with Crippen LogP contribution in [0.25, 0.3) is 28.2 Å². The van der Waals surface area contributed by atoms with Crippen molar-refractivity contribution in [3.05, 3.63) is 66.6 Å². The zero-order chi connectivity index (χ0) is 23.5. The minimum atomic E-state index is -0.119.